The first-order chi connectivity index (χ1) is 12.8. The molecular weight excluding hydrogens is 364 g/mol. The summed E-state index contributed by atoms with van der Waals surface area (Å²) in [6.07, 6.45) is -4.64. The molecule has 0 bridgehead atoms. The van der Waals surface area contributed by atoms with Crippen molar-refractivity contribution in [3.05, 3.63) is 66.0 Å². The summed E-state index contributed by atoms with van der Waals surface area (Å²) in [6.45, 7) is 0. The number of rotatable bonds is 2. The molecule has 0 fully saturated rings. The molecule has 0 saturated heterocycles. The molecule has 0 unspecified atom stereocenters. The molecule has 1 aromatic heterocycles. The molecule has 4 aromatic rings. The van der Waals surface area contributed by atoms with Gasteiger partial charge in [0.1, 0.15) is 11.6 Å². The van der Waals surface area contributed by atoms with E-state index in [1.807, 2.05) is 6.07 Å². The van der Waals surface area contributed by atoms with E-state index in [1.54, 1.807) is 24.3 Å². The van der Waals surface area contributed by atoms with Crippen molar-refractivity contribution in [2.24, 2.45) is 0 Å². The third-order valence-electron chi connectivity index (χ3n) is 4.08. The average molecular weight is 374 g/mol. The van der Waals surface area contributed by atoms with Crippen LogP contribution in [0.4, 0.5) is 17.6 Å². The van der Waals surface area contributed by atoms with Gasteiger partial charge in [-0.05, 0) is 35.0 Å². The summed E-state index contributed by atoms with van der Waals surface area (Å²) >= 11 is 0. The van der Waals surface area contributed by atoms with Gasteiger partial charge in [-0.3, -0.25) is 0 Å². The van der Waals surface area contributed by atoms with Gasteiger partial charge in [0.25, 0.3) is 5.89 Å². The lowest BCUT2D eigenvalue weighted by Gasteiger charge is -2.07. The molecule has 27 heavy (non-hydrogen) atoms. The molecule has 0 radical (unpaired) electrons. The van der Waals surface area contributed by atoms with Crippen LogP contribution in [0.3, 0.4) is 0 Å². The predicted octanol–water partition coefficient (Wildman–Crippen LogP) is 5.42. The van der Waals surface area contributed by atoms with Crippen LogP contribution in [0.15, 0.2) is 59.1 Å². The van der Waals surface area contributed by atoms with Crippen LogP contribution in [0.25, 0.3) is 33.6 Å². The van der Waals surface area contributed by atoms with Gasteiger partial charge in [-0.15, -0.1) is 0 Å². The molecule has 1 N–H and O–H groups in total. The van der Waals surface area contributed by atoms with E-state index < -0.39 is 23.1 Å². The number of hydrogen-bond acceptors (Lipinski definition) is 4. The van der Waals surface area contributed by atoms with Crippen LogP contribution >= 0.6 is 0 Å². The summed E-state index contributed by atoms with van der Waals surface area (Å²) < 4.78 is 57.8. The Labute approximate surface area is 149 Å². The summed E-state index contributed by atoms with van der Waals surface area (Å²) in [4.78, 5) is 4.00. The lowest BCUT2D eigenvalue weighted by molar-refractivity contribution is -0.137. The van der Waals surface area contributed by atoms with Gasteiger partial charge >= 0.3 is 6.18 Å². The lowest BCUT2D eigenvalue weighted by atomic mass is 10.0. The van der Waals surface area contributed by atoms with E-state index in [9.17, 15) is 22.7 Å². The Morgan fingerprint density at radius 1 is 0.963 bits per heavy atom. The smallest absolute Gasteiger partial charge is 0.416 e. The number of fused-ring (bicyclic) bond motifs is 1. The number of aromatic hydroxyl groups is 1. The van der Waals surface area contributed by atoms with E-state index in [0.717, 1.165) is 5.39 Å². The largest absolute Gasteiger partial charge is 0.507 e. The molecule has 0 spiro atoms. The van der Waals surface area contributed by atoms with Gasteiger partial charge < -0.3 is 9.63 Å². The van der Waals surface area contributed by atoms with Crippen molar-refractivity contribution in [1.82, 2.24) is 10.1 Å². The number of alkyl halides is 3. The van der Waals surface area contributed by atoms with E-state index in [1.165, 1.54) is 6.07 Å². The fourth-order valence-electron chi connectivity index (χ4n) is 2.79. The van der Waals surface area contributed by atoms with Crippen molar-refractivity contribution in [2.45, 2.75) is 6.18 Å². The number of phenols is 1. The Bertz CT molecular complexity index is 1150. The maximum Gasteiger partial charge on any atom is 0.416 e. The Balaban J connectivity index is 1.86. The van der Waals surface area contributed by atoms with Crippen molar-refractivity contribution >= 4 is 10.8 Å². The van der Waals surface area contributed by atoms with E-state index in [0.29, 0.717) is 23.6 Å². The maximum atomic E-state index is 14.0. The van der Waals surface area contributed by atoms with Gasteiger partial charge in [-0.2, -0.15) is 18.2 Å². The summed E-state index contributed by atoms with van der Waals surface area (Å²) in [5.41, 5.74) is -1.25. The number of benzene rings is 3. The summed E-state index contributed by atoms with van der Waals surface area (Å²) in [5.74, 6) is -1.54. The van der Waals surface area contributed by atoms with Crippen LogP contribution in [0.1, 0.15) is 5.56 Å². The highest BCUT2D eigenvalue weighted by molar-refractivity contribution is 5.97. The molecule has 0 aliphatic carbocycles. The van der Waals surface area contributed by atoms with E-state index >= 15 is 0 Å². The zero-order valence-corrected chi connectivity index (χ0v) is 13.5. The van der Waals surface area contributed by atoms with E-state index in [-0.39, 0.29) is 23.0 Å². The quantitative estimate of drug-likeness (QED) is 0.476. The molecule has 0 amide bonds. The monoisotopic (exact) mass is 374 g/mol. The Morgan fingerprint density at radius 3 is 2.52 bits per heavy atom. The van der Waals surface area contributed by atoms with Crippen molar-refractivity contribution in [3.8, 4) is 28.6 Å². The zero-order valence-electron chi connectivity index (χ0n) is 13.5. The molecule has 0 saturated carbocycles. The highest BCUT2D eigenvalue weighted by atomic mass is 19.4. The first-order valence-corrected chi connectivity index (χ1v) is 7.76. The second-order valence-corrected chi connectivity index (χ2v) is 5.80. The molecule has 0 aliphatic heterocycles. The van der Waals surface area contributed by atoms with Crippen LogP contribution in [0.2, 0.25) is 0 Å². The fourth-order valence-corrected chi connectivity index (χ4v) is 2.79. The number of hydrogen-bond donors (Lipinski definition) is 1. The van der Waals surface area contributed by atoms with Gasteiger partial charge in [0, 0.05) is 0 Å². The van der Waals surface area contributed by atoms with Crippen molar-refractivity contribution in [2.75, 3.05) is 0 Å². The molecular formula is C19H10F4N2O2. The highest BCUT2D eigenvalue weighted by Gasteiger charge is 2.32. The van der Waals surface area contributed by atoms with Crippen molar-refractivity contribution in [1.29, 1.82) is 0 Å². The summed E-state index contributed by atoms with van der Waals surface area (Å²) in [7, 11) is 0. The van der Waals surface area contributed by atoms with Crippen LogP contribution in [0, 0.1) is 5.82 Å². The first kappa shape index (κ1) is 17.0. The Hall–Kier alpha value is -3.42. The zero-order chi connectivity index (χ0) is 19.2. The minimum Gasteiger partial charge on any atom is -0.507 e. The van der Waals surface area contributed by atoms with Gasteiger partial charge in [-0.1, -0.05) is 35.5 Å². The van der Waals surface area contributed by atoms with Crippen LogP contribution < -0.4 is 0 Å². The molecule has 4 rings (SSSR count). The van der Waals surface area contributed by atoms with Crippen LogP contribution in [-0.2, 0) is 6.18 Å². The minimum absolute atomic E-state index is 0.129. The third-order valence-corrected chi connectivity index (χ3v) is 4.08. The minimum atomic E-state index is -4.64. The van der Waals surface area contributed by atoms with E-state index in [2.05, 4.69) is 10.1 Å². The molecule has 0 atom stereocenters. The maximum absolute atomic E-state index is 14.0. The fraction of sp³-hybridized carbons (Fsp3) is 0.0526. The Morgan fingerprint density at radius 2 is 1.74 bits per heavy atom. The normalized spacial score (nSPS) is 11.9. The standard InChI is InChI=1S/C19H10F4N2O2/c20-14-7-6-11(19(21,22)23)9-13(14)17-24-18(27-25-17)16-12-4-2-1-3-10(12)5-8-15(16)26/h1-9,26H. The number of phenolic OH excluding ortho intramolecular Hbond substituents is 1. The number of halogens is 4. The van der Waals surface area contributed by atoms with Gasteiger partial charge in [0.05, 0.1) is 16.7 Å². The number of nitrogens with zero attached hydrogens (tertiary/aromatic N) is 2. The topological polar surface area (TPSA) is 59.2 Å². The van der Waals surface area contributed by atoms with Gasteiger partial charge in [-0.25, -0.2) is 4.39 Å². The average Bonchev–Trinajstić information content (AvgIpc) is 3.10. The first-order valence-electron chi connectivity index (χ1n) is 7.76. The van der Waals surface area contributed by atoms with E-state index in [4.69, 9.17) is 4.52 Å². The van der Waals surface area contributed by atoms with Gasteiger partial charge in [0.15, 0.2) is 0 Å². The van der Waals surface area contributed by atoms with Crippen LogP contribution in [0.5, 0.6) is 5.75 Å². The van der Waals surface area contributed by atoms with Crippen molar-refractivity contribution in [3.63, 3.8) is 0 Å². The molecule has 1 heterocycles. The molecule has 136 valence electrons. The summed E-state index contributed by atoms with van der Waals surface area (Å²) in [6, 6.07) is 12.2. The SMILES string of the molecule is Oc1ccc2ccccc2c1-c1nc(-c2cc(C(F)(F)F)ccc2F)no1. The second-order valence-electron chi connectivity index (χ2n) is 5.80. The third kappa shape index (κ3) is 2.99. The highest BCUT2D eigenvalue weighted by Crippen LogP contribution is 2.37. The molecule has 8 heteroatoms. The van der Waals surface area contributed by atoms with Gasteiger partial charge in [0.2, 0.25) is 5.82 Å². The summed E-state index contributed by atoms with van der Waals surface area (Å²) in [5, 5.41) is 15.2. The molecule has 0 aliphatic rings. The second kappa shape index (κ2) is 6.08. The lowest BCUT2D eigenvalue weighted by Crippen LogP contribution is -2.05. The molecule has 3 aromatic carbocycles. The number of aromatic nitrogens is 2. The predicted molar refractivity (Wildman–Crippen MR) is 89.3 cm³/mol. The van der Waals surface area contributed by atoms with Crippen LogP contribution in [-0.4, -0.2) is 15.2 Å². The van der Waals surface area contributed by atoms with Crippen molar-refractivity contribution < 1.29 is 27.2 Å². The Kier molecular flexibility index (Phi) is 3.83. The molecule has 4 nitrogen and oxygen atoms in total.